The predicted molar refractivity (Wildman–Crippen MR) is 88.1 cm³/mol. The van der Waals surface area contributed by atoms with E-state index in [1.54, 1.807) is 11.3 Å². The second kappa shape index (κ2) is 6.79. The quantitative estimate of drug-likeness (QED) is 0.685. The molecule has 1 atom stereocenters. The van der Waals surface area contributed by atoms with Crippen LogP contribution in [0.2, 0.25) is 0 Å². The Morgan fingerprint density at radius 1 is 1.52 bits per heavy atom. The molecule has 1 aromatic heterocycles. The van der Waals surface area contributed by atoms with E-state index in [0.717, 1.165) is 51.8 Å². The third-order valence-corrected chi connectivity index (χ3v) is 5.23. The van der Waals surface area contributed by atoms with Crippen molar-refractivity contribution in [3.8, 4) is 0 Å². The molecule has 1 spiro atoms. The molecule has 4 nitrogen and oxygen atoms in total. The van der Waals surface area contributed by atoms with Crippen LogP contribution in [0, 0.1) is 5.41 Å². The molecule has 0 amide bonds. The molecular weight excluding hydrogens is 282 g/mol. The average Bonchev–Trinajstić information content (AvgIpc) is 3.22. The van der Waals surface area contributed by atoms with E-state index < -0.39 is 0 Å². The average molecular weight is 307 g/mol. The van der Waals surface area contributed by atoms with Crippen molar-refractivity contribution < 1.29 is 4.74 Å². The number of thiophene rings is 1. The molecule has 0 saturated carbocycles. The van der Waals surface area contributed by atoms with Gasteiger partial charge in [-0.2, -0.15) is 11.3 Å². The number of guanidine groups is 1. The zero-order valence-electron chi connectivity index (χ0n) is 12.8. The molecule has 1 unspecified atom stereocenters. The zero-order valence-corrected chi connectivity index (χ0v) is 13.6. The molecule has 0 bridgehead atoms. The molecule has 1 N–H and O–H groups in total. The monoisotopic (exact) mass is 307 g/mol. The molecular formula is C16H25N3OS. The molecule has 3 heterocycles. The highest BCUT2D eigenvalue weighted by molar-refractivity contribution is 7.07. The van der Waals surface area contributed by atoms with Crippen LogP contribution in [0.5, 0.6) is 0 Å². The molecule has 1 aromatic rings. The number of likely N-dealkylation sites (tertiary alicyclic amines) is 1. The highest BCUT2D eigenvalue weighted by Gasteiger charge is 2.42. The van der Waals surface area contributed by atoms with Gasteiger partial charge >= 0.3 is 0 Å². The third-order valence-electron chi connectivity index (χ3n) is 4.50. The van der Waals surface area contributed by atoms with Crippen LogP contribution in [0.15, 0.2) is 21.8 Å². The first-order valence-corrected chi connectivity index (χ1v) is 8.88. The van der Waals surface area contributed by atoms with E-state index in [0.29, 0.717) is 5.41 Å². The van der Waals surface area contributed by atoms with Gasteiger partial charge in [0.1, 0.15) is 0 Å². The maximum absolute atomic E-state index is 5.61. The lowest BCUT2D eigenvalue weighted by Crippen LogP contribution is -2.41. The van der Waals surface area contributed by atoms with Gasteiger partial charge in [0.15, 0.2) is 5.96 Å². The lowest BCUT2D eigenvalue weighted by molar-refractivity contribution is 0.156. The standard InChI is InChI=1S/C16H25N3OS/c1-2-17-15(18-7-3-14-4-10-21-11-14)19-8-5-16(12-19)6-9-20-13-16/h4,10-11H,2-3,5-9,12-13H2,1H3,(H,17,18). The maximum Gasteiger partial charge on any atom is 0.193 e. The number of ether oxygens (including phenoxy) is 1. The number of rotatable bonds is 4. The van der Waals surface area contributed by atoms with E-state index in [1.807, 2.05) is 0 Å². The Kier molecular flexibility index (Phi) is 4.80. The highest BCUT2D eigenvalue weighted by atomic mass is 32.1. The Bertz CT molecular complexity index is 466. The minimum absolute atomic E-state index is 0.392. The van der Waals surface area contributed by atoms with E-state index in [1.165, 1.54) is 18.4 Å². The number of hydrogen-bond acceptors (Lipinski definition) is 3. The molecule has 2 saturated heterocycles. The normalized spacial score (nSPS) is 26.0. The summed E-state index contributed by atoms with van der Waals surface area (Å²) in [7, 11) is 0. The van der Waals surface area contributed by atoms with Crippen molar-refractivity contribution in [2.45, 2.75) is 26.2 Å². The minimum atomic E-state index is 0.392. The Labute approximate surface area is 131 Å². The van der Waals surface area contributed by atoms with E-state index in [9.17, 15) is 0 Å². The minimum Gasteiger partial charge on any atom is -0.381 e. The van der Waals surface area contributed by atoms with Crippen LogP contribution in [0.25, 0.3) is 0 Å². The Balaban J connectivity index is 1.58. The Morgan fingerprint density at radius 2 is 2.48 bits per heavy atom. The van der Waals surface area contributed by atoms with E-state index >= 15 is 0 Å². The number of nitrogens with one attached hydrogen (secondary N) is 1. The van der Waals surface area contributed by atoms with Crippen molar-refractivity contribution in [1.82, 2.24) is 10.2 Å². The number of aliphatic imine (C=N–C) groups is 1. The molecule has 2 aliphatic rings. The summed E-state index contributed by atoms with van der Waals surface area (Å²) in [6.45, 7) is 7.98. The summed E-state index contributed by atoms with van der Waals surface area (Å²) in [6, 6.07) is 2.19. The van der Waals surface area contributed by atoms with Crippen LogP contribution >= 0.6 is 11.3 Å². The molecule has 3 rings (SSSR count). The summed E-state index contributed by atoms with van der Waals surface area (Å²) in [5, 5.41) is 7.79. The molecule has 2 aliphatic heterocycles. The van der Waals surface area contributed by atoms with Crippen LogP contribution in [-0.4, -0.2) is 50.3 Å². The van der Waals surface area contributed by atoms with Crippen LogP contribution in [-0.2, 0) is 11.2 Å². The maximum atomic E-state index is 5.61. The van der Waals surface area contributed by atoms with Crippen LogP contribution in [0.1, 0.15) is 25.3 Å². The summed E-state index contributed by atoms with van der Waals surface area (Å²) >= 11 is 1.76. The molecule has 0 aromatic carbocycles. The van der Waals surface area contributed by atoms with Crippen molar-refractivity contribution in [1.29, 1.82) is 0 Å². The lowest BCUT2D eigenvalue weighted by atomic mass is 9.87. The van der Waals surface area contributed by atoms with Crippen LogP contribution in [0.4, 0.5) is 0 Å². The topological polar surface area (TPSA) is 36.9 Å². The van der Waals surface area contributed by atoms with Crippen LogP contribution in [0.3, 0.4) is 0 Å². The fourth-order valence-corrected chi connectivity index (χ4v) is 3.94. The number of hydrogen-bond donors (Lipinski definition) is 1. The summed E-state index contributed by atoms with van der Waals surface area (Å²) in [5.74, 6) is 1.08. The van der Waals surface area contributed by atoms with Gasteiger partial charge in [-0.3, -0.25) is 4.99 Å². The van der Waals surface area contributed by atoms with Gasteiger partial charge in [0.2, 0.25) is 0 Å². The molecule has 21 heavy (non-hydrogen) atoms. The summed E-state index contributed by atoms with van der Waals surface area (Å²) in [5.41, 5.74) is 1.78. The van der Waals surface area contributed by atoms with Gasteiger partial charge in [0, 0.05) is 38.2 Å². The van der Waals surface area contributed by atoms with E-state index in [4.69, 9.17) is 9.73 Å². The zero-order chi connectivity index (χ0) is 14.5. The first-order valence-electron chi connectivity index (χ1n) is 7.93. The molecule has 0 radical (unpaired) electrons. The lowest BCUT2D eigenvalue weighted by Gasteiger charge is -2.24. The van der Waals surface area contributed by atoms with Gasteiger partial charge in [-0.1, -0.05) is 0 Å². The van der Waals surface area contributed by atoms with E-state index in [-0.39, 0.29) is 0 Å². The fraction of sp³-hybridized carbons (Fsp3) is 0.688. The SMILES string of the molecule is CCNC(=NCCc1ccsc1)N1CCC2(CCOC2)C1. The summed E-state index contributed by atoms with van der Waals surface area (Å²) < 4.78 is 5.61. The molecule has 0 aliphatic carbocycles. The van der Waals surface area contributed by atoms with Crippen molar-refractivity contribution in [3.63, 3.8) is 0 Å². The fourth-order valence-electron chi connectivity index (χ4n) is 3.24. The van der Waals surface area contributed by atoms with Crippen LogP contribution < -0.4 is 5.32 Å². The summed E-state index contributed by atoms with van der Waals surface area (Å²) in [6.07, 6.45) is 3.47. The molecule has 116 valence electrons. The molecule has 2 fully saturated rings. The molecule has 5 heteroatoms. The first kappa shape index (κ1) is 14.9. The van der Waals surface area contributed by atoms with E-state index in [2.05, 4.69) is 34.0 Å². The van der Waals surface area contributed by atoms with Crippen molar-refractivity contribution in [2.24, 2.45) is 10.4 Å². The second-order valence-corrected chi connectivity index (χ2v) is 6.87. The van der Waals surface area contributed by atoms with Crippen molar-refractivity contribution >= 4 is 17.3 Å². The second-order valence-electron chi connectivity index (χ2n) is 6.09. The van der Waals surface area contributed by atoms with Crippen molar-refractivity contribution in [2.75, 3.05) is 39.4 Å². The predicted octanol–water partition coefficient (Wildman–Crippen LogP) is 2.37. The highest BCUT2D eigenvalue weighted by Crippen LogP contribution is 2.38. The number of nitrogens with zero attached hydrogens (tertiary/aromatic N) is 2. The third kappa shape index (κ3) is 3.58. The van der Waals surface area contributed by atoms with Gasteiger partial charge in [0.05, 0.1) is 6.61 Å². The van der Waals surface area contributed by atoms with Gasteiger partial charge in [-0.05, 0) is 48.6 Å². The smallest absolute Gasteiger partial charge is 0.193 e. The Morgan fingerprint density at radius 3 is 3.19 bits per heavy atom. The van der Waals surface area contributed by atoms with Gasteiger partial charge in [-0.25, -0.2) is 0 Å². The van der Waals surface area contributed by atoms with Gasteiger partial charge in [0.25, 0.3) is 0 Å². The largest absolute Gasteiger partial charge is 0.381 e. The summed E-state index contributed by atoms with van der Waals surface area (Å²) in [4.78, 5) is 7.24. The first-order chi connectivity index (χ1) is 10.3. The Hall–Kier alpha value is -1.07. The van der Waals surface area contributed by atoms with Gasteiger partial charge in [-0.15, -0.1) is 0 Å². The van der Waals surface area contributed by atoms with Gasteiger partial charge < -0.3 is 15.0 Å². The van der Waals surface area contributed by atoms with Crippen molar-refractivity contribution in [3.05, 3.63) is 22.4 Å².